The topological polar surface area (TPSA) is 86.0 Å². The van der Waals surface area contributed by atoms with E-state index in [0.29, 0.717) is 23.6 Å². The first kappa shape index (κ1) is 14.6. The van der Waals surface area contributed by atoms with Crippen LogP contribution < -0.4 is 5.32 Å². The maximum absolute atomic E-state index is 5.48. The number of ether oxygens (including phenoxy) is 1. The van der Waals surface area contributed by atoms with E-state index < -0.39 is 0 Å². The summed E-state index contributed by atoms with van der Waals surface area (Å²) in [4.78, 5) is 13.5. The molecule has 1 N–H and O–H groups in total. The van der Waals surface area contributed by atoms with Crippen LogP contribution in [0, 0.1) is 12.8 Å². The average molecular weight is 315 g/mol. The maximum Gasteiger partial charge on any atom is 0.249 e. The molecule has 2 aromatic heterocycles. The minimum Gasteiger partial charge on any atom is -0.381 e. The number of hydrogen-bond donors (Lipinski definition) is 1. The van der Waals surface area contributed by atoms with Crippen LogP contribution >= 0.6 is 0 Å². The quantitative estimate of drug-likeness (QED) is 0.907. The van der Waals surface area contributed by atoms with E-state index in [2.05, 4.69) is 25.4 Å². The van der Waals surface area contributed by atoms with E-state index >= 15 is 0 Å². The highest BCUT2D eigenvalue weighted by atomic mass is 16.5. The number of rotatable bonds is 5. The van der Waals surface area contributed by atoms with Crippen LogP contribution in [0.25, 0.3) is 0 Å². The minimum atomic E-state index is -0.0398. The van der Waals surface area contributed by atoms with E-state index in [4.69, 9.17) is 9.26 Å². The van der Waals surface area contributed by atoms with E-state index in [-0.39, 0.29) is 6.04 Å². The lowest BCUT2D eigenvalue weighted by atomic mass is 9.91. The minimum absolute atomic E-state index is 0.0398. The Morgan fingerprint density at radius 1 is 1.17 bits per heavy atom. The van der Waals surface area contributed by atoms with Crippen LogP contribution in [0.5, 0.6) is 0 Å². The Hall–Kier alpha value is -2.02. The van der Waals surface area contributed by atoms with Crippen molar-refractivity contribution in [3.63, 3.8) is 0 Å². The standard InChI is InChI=1S/C16H21N5O2/c1-10-18-16(23-21-10)14(11-5-8-22-9-6-11)19-13-4-7-17-15(20-13)12-2-3-12/h4,7,11-12,14H,2-3,5-6,8-9H2,1H3,(H,17,19,20)/t14-/m0/s1. The molecule has 0 spiro atoms. The van der Waals surface area contributed by atoms with Crippen molar-refractivity contribution in [2.24, 2.45) is 5.92 Å². The highest BCUT2D eigenvalue weighted by Crippen LogP contribution is 2.38. The van der Waals surface area contributed by atoms with E-state index in [1.54, 1.807) is 0 Å². The van der Waals surface area contributed by atoms with E-state index in [1.165, 1.54) is 12.8 Å². The van der Waals surface area contributed by atoms with Crippen molar-refractivity contribution in [2.45, 2.75) is 44.6 Å². The Morgan fingerprint density at radius 2 is 2.00 bits per heavy atom. The zero-order valence-corrected chi connectivity index (χ0v) is 13.2. The molecule has 7 heteroatoms. The van der Waals surface area contributed by atoms with Crippen LogP contribution in [-0.4, -0.2) is 33.3 Å². The summed E-state index contributed by atoms with van der Waals surface area (Å²) in [7, 11) is 0. The Morgan fingerprint density at radius 3 is 2.70 bits per heavy atom. The van der Waals surface area contributed by atoms with Gasteiger partial charge in [0.05, 0.1) is 0 Å². The summed E-state index contributed by atoms with van der Waals surface area (Å²) in [6.07, 6.45) is 6.15. The lowest BCUT2D eigenvalue weighted by Gasteiger charge is -2.28. The summed E-state index contributed by atoms with van der Waals surface area (Å²) in [5.41, 5.74) is 0. The zero-order chi connectivity index (χ0) is 15.6. The summed E-state index contributed by atoms with van der Waals surface area (Å²) in [6, 6.07) is 1.86. The fraction of sp³-hybridized carbons (Fsp3) is 0.625. The molecular weight excluding hydrogens is 294 g/mol. The molecule has 0 bridgehead atoms. The third-order valence-electron chi connectivity index (χ3n) is 4.47. The molecule has 3 heterocycles. The van der Waals surface area contributed by atoms with Crippen LogP contribution in [0.1, 0.15) is 55.2 Å². The van der Waals surface area contributed by atoms with Crippen molar-refractivity contribution in [3.8, 4) is 0 Å². The number of hydrogen-bond acceptors (Lipinski definition) is 7. The van der Waals surface area contributed by atoms with E-state index in [1.807, 2.05) is 19.2 Å². The van der Waals surface area contributed by atoms with E-state index in [0.717, 1.165) is 37.7 Å². The van der Waals surface area contributed by atoms with Gasteiger partial charge in [0, 0.05) is 25.3 Å². The summed E-state index contributed by atoms with van der Waals surface area (Å²) in [6.45, 7) is 3.38. The predicted octanol–water partition coefficient (Wildman–Crippen LogP) is 2.63. The van der Waals surface area contributed by atoms with Crippen LogP contribution in [0.4, 0.5) is 5.82 Å². The number of aromatic nitrogens is 4. The normalized spacial score (nSPS) is 20.4. The van der Waals surface area contributed by atoms with Crippen LogP contribution in [0.2, 0.25) is 0 Å². The summed E-state index contributed by atoms with van der Waals surface area (Å²) in [5, 5.41) is 7.44. The van der Waals surface area contributed by atoms with Crippen molar-refractivity contribution in [1.29, 1.82) is 0 Å². The lowest BCUT2D eigenvalue weighted by Crippen LogP contribution is -2.27. The summed E-state index contributed by atoms with van der Waals surface area (Å²) < 4.78 is 10.9. The number of nitrogens with one attached hydrogen (secondary N) is 1. The Labute approximate surface area is 134 Å². The van der Waals surface area contributed by atoms with Gasteiger partial charge in [-0.15, -0.1) is 0 Å². The van der Waals surface area contributed by atoms with Gasteiger partial charge in [0.15, 0.2) is 5.82 Å². The molecule has 0 radical (unpaired) electrons. The average Bonchev–Trinajstić information content (AvgIpc) is 3.36. The van der Waals surface area contributed by atoms with Gasteiger partial charge in [0.25, 0.3) is 0 Å². The van der Waals surface area contributed by atoms with Crippen LogP contribution in [0.3, 0.4) is 0 Å². The second-order valence-electron chi connectivity index (χ2n) is 6.33. The van der Waals surface area contributed by atoms with Gasteiger partial charge in [-0.05, 0) is 44.6 Å². The molecule has 23 heavy (non-hydrogen) atoms. The molecule has 1 aliphatic heterocycles. The van der Waals surface area contributed by atoms with Gasteiger partial charge in [0.1, 0.15) is 17.7 Å². The Bertz CT molecular complexity index is 664. The Kier molecular flexibility index (Phi) is 3.95. The molecule has 4 rings (SSSR count). The smallest absolute Gasteiger partial charge is 0.249 e. The molecule has 2 aliphatic rings. The van der Waals surface area contributed by atoms with Gasteiger partial charge in [-0.2, -0.15) is 4.98 Å². The third kappa shape index (κ3) is 3.34. The van der Waals surface area contributed by atoms with Crippen molar-refractivity contribution in [1.82, 2.24) is 20.1 Å². The van der Waals surface area contributed by atoms with Crippen molar-refractivity contribution >= 4 is 5.82 Å². The lowest BCUT2D eigenvalue weighted by molar-refractivity contribution is 0.0570. The molecular formula is C16H21N5O2. The zero-order valence-electron chi connectivity index (χ0n) is 13.2. The molecule has 0 aromatic carbocycles. The first-order chi connectivity index (χ1) is 11.3. The first-order valence-corrected chi connectivity index (χ1v) is 8.27. The van der Waals surface area contributed by atoms with Gasteiger partial charge in [-0.1, -0.05) is 5.16 Å². The molecule has 2 aromatic rings. The molecule has 1 saturated carbocycles. The number of nitrogens with zero attached hydrogens (tertiary/aromatic N) is 4. The van der Waals surface area contributed by atoms with Gasteiger partial charge < -0.3 is 14.6 Å². The third-order valence-corrected chi connectivity index (χ3v) is 4.47. The molecule has 1 saturated heterocycles. The molecule has 7 nitrogen and oxygen atoms in total. The van der Waals surface area contributed by atoms with E-state index in [9.17, 15) is 0 Å². The molecule has 0 unspecified atom stereocenters. The van der Waals surface area contributed by atoms with Crippen LogP contribution in [0.15, 0.2) is 16.8 Å². The molecule has 0 amide bonds. The van der Waals surface area contributed by atoms with Crippen molar-refractivity contribution in [3.05, 3.63) is 29.8 Å². The molecule has 1 atom stereocenters. The largest absolute Gasteiger partial charge is 0.381 e. The van der Waals surface area contributed by atoms with Crippen LogP contribution in [-0.2, 0) is 4.74 Å². The number of anilines is 1. The number of aryl methyl sites for hydroxylation is 1. The predicted molar refractivity (Wildman–Crippen MR) is 82.9 cm³/mol. The van der Waals surface area contributed by atoms with Crippen molar-refractivity contribution < 1.29 is 9.26 Å². The van der Waals surface area contributed by atoms with Crippen molar-refractivity contribution in [2.75, 3.05) is 18.5 Å². The summed E-state index contributed by atoms with van der Waals surface area (Å²) >= 11 is 0. The molecule has 1 aliphatic carbocycles. The van der Waals surface area contributed by atoms with Gasteiger partial charge in [-0.25, -0.2) is 9.97 Å². The highest BCUT2D eigenvalue weighted by molar-refractivity contribution is 5.36. The second-order valence-corrected chi connectivity index (χ2v) is 6.33. The van der Waals surface area contributed by atoms with Gasteiger partial charge >= 0.3 is 0 Å². The first-order valence-electron chi connectivity index (χ1n) is 8.27. The molecule has 122 valence electrons. The Balaban J connectivity index is 1.58. The SMILES string of the molecule is Cc1noc([C@@H](Nc2ccnc(C3CC3)n2)C2CCOCC2)n1. The summed E-state index contributed by atoms with van der Waals surface area (Å²) in [5.74, 6) is 3.96. The molecule has 2 fully saturated rings. The monoisotopic (exact) mass is 315 g/mol. The maximum atomic E-state index is 5.48. The van der Waals surface area contributed by atoms with Gasteiger partial charge in [0.2, 0.25) is 5.89 Å². The fourth-order valence-electron chi connectivity index (χ4n) is 3.02. The van der Waals surface area contributed by atoms with Gasteiger partial charge in [-0.3, -0.25) is 0 Å². The fourth-order valence-corrected chi connectivity index (χ4v) is 3.02. The highest BCUT2D eigenvalue weighted by Gasteiger charge is 2.31. The second kappa shape index (κ2) is 6.23.